The topological polar surface area (TPSA) is 12.9 Å². The predicted octanol–water partition coefficient (Wildman–Crippen LogP) is 6.70. The molecular weight excluding hydrogens is 314 g/mol. The predicted molar refractivity (Wildman–Crippen MR) is 110 cm³/mol. The van der Waals surface area contributed by atoms with Crippen LogP contribution in [0.4, 0.5) is 0 Å². The fourth-order valence-corrected chi connectivity index (χ4v) is 3.37. The molecule has 1 aromatic heterocycles. The van der Waals surface area contributed by atoms with E-state index in [0.29, 0.717) is 0 Å². The molecule has 3 aromatic carbocycles. The van der Waals surface area contributed by atoms with Gasteiger partial charge in [-0.15, -0.1) is 0 Å². The third-order valence-electron chi connectivity index (χ3n) is 4.58. The first-order valence-corrected chi connectivity index (χ1v) is 8.90. The van der Waals surface area contributed by atoms with Crippen molar-refractivity contribution >= 4 is 0 Å². The molecule has 0 atom stereocenters. The van der Waals surface area contributed by atoms with Crippen LogP contribution in [0.5, 0.6) is 0 Å². The monoisotopic (exact) mass is 335 g/mol. The summed E-state index contributed by atoms with van der Waals surface area (Å²) in [5.74, 6) is 0. The van der Waals surface area contributed by atoms with Crippen LogP contribution in [0.1, 0.15) is 11.1 Å². The van der Waals surface area contributed by atoms with Gasteiger partial charge in [0, 0.05) is 17.3 Å². The van der Waals surface area contributed by atoms with Crippen molar-refractivity contribution in [3.63, 3.8) is 0 Å². The van der Waals surface area contributed by atoms with Crippen LogP contribution in [0.2, 0.25) is 0 Å². The van der Waals surface area contributed by atoms with Gasteiger partial charge in [-0.1, -0.05) is 83.9 Å². The average Bonchev–Trinajstić information content (AvgIpc) is 2.68. The number of nitrogens with zero attached hydrogens (tertiary/aromatic N) is 1. The number of hydrogen-bond donors (Lipinski definition) is 0. The van der Waals surface area contributed by atoms with E-state index in [2.05, 4.69) is 92.7 Å². The Balaban J connectivity index is 1.67. The van der Waals surface area contributed by atoms with Gasteiger partial charge in [0.1, 0.15) is 0 Å². The number of aromatic nitrogens is 1. The van der Waals surface area contributed by atoms with Crippen LogP contribution in [-0.2, 0) is 0 Å². The van der Waals surface area contributed by atoms with Gasteiger partial charge in [0.05, 0.1) is 5.69 Å². The highest BCUT2D eigenvalue weighted by Gasteiger charge is 2.05. The lowest BCUT2D eigenvalue weighted by molar-refractivity contribution is 1.31. The Kier molecular flexibility index (Phi) is 4.37. The maximum absolute atomic E-state index is 4.72. The molecular formula is C25H21N. The second kappa shape index (κ2) is 6.97. The van der Waals surface area contributed by atoms with Crippen molar-refractivity contribution in [1.29, 1.82) is 0 Å². The minimum atomic E-state index is 0.996. The number of pyridine rings is 1. The van der Waals surface area contributed by atoms with E-state index in [-0.39, 0.29) is 0 Å². The summed E-state index contributed by atoms with van der Waals surface area (Å²) in [5.41, 5.74) is 9.50. The second-order valence-electron chi connectivity index (χ2n) is 6.76. The fourth-order valence-electron chi connectivity index (χ4n) is 3.37. The van der Waals surface area contributed by atoms with E-state index in [9.17, 15) is 0 Å². The van der Waals surface area contributed by atoms with E-state index in [1.807, 2.05) is 12.3 Å². The zero-order valence-electron chi connectivity index (χ0n) is 15.1. The second-order valence-corrected chi connectivity index (χ2v) is 6.76. The van der Waals surface area contributed by atoms with Crippen LogP contribution in [-0.4, -0.2) is 4.98 Å². The average molecular weight is 335 g/mol. The van der Waals surface area contributed by atoms with Gasteiger partial charge in [0.2, 0.25) is 0 Å². The molecule has 0 saturated carbocycles. The van der Waals surface area contributed by atoms with E-state index in [4.69, 9.17) is 4.98 Å². The molecule has 0 amide bonds. The molecule has 126 valence electrons. The van der Waals surface area contributed by atoms with Crippen LogP contribution in [0.25, 0.3) is 33.5 Å². The van der Waals surface area contributed by atoms with Crippen LogP contribution in [0, 0.1) is 13.8 Å². The van der Waals surface area contributed by atoms with Crippen molar-refractivity contribution in [3.05, 3.63) is 102 Å². The van der Waals surface area contributed by atoms with Gasteiger partial charge >= 0.3 is 0 Å². The molecule has 0 aliphatic heterocycles. The molecule has 1 heterocycles. The van der Waals surface area contributed by atoms with Gasteiger partial charge in [-0.2, -0.15) is 0 Å². The van der Waals surface area contributed by atoms with E-state index in [0.717, 1.165) is 16.8 Å². The Morgan fingerprint density at radius 1 is 0.500 bits per heavy atom. The minimum absolute atomic E-state index is 0.996. The number of hydrogen-bond acceptors (Lipinski definition) is 1. The van der Waals surface area contributed by atoms with Gasteiger partial charge in [-0.25, -0.2) is 0 Å². The first-order chi connectivity index (χ1) is 12.7. The standard InChI is InChI=1S/C25H21N/c1-18-13-19(2)15-24(14-18)23-11-12-25(26-17-23)22-10-6-9-21(16-22)20-7-4-3-5-8-20/h3-17H,1-2H3. The number of benzene rings is 3. The summed E-state index contributed by atoms with van der Waals surface area (Å²) in [5, 5.41) is 0. The van der Waals surface area contributed by atoms with Gasteiger partial charge < -0.3 is 0 Å². The Morgan fingerprint density at radius 3 is 1.88 bits per heavy atom. The molecule has 4 aromatic rings. The zero-order valence-corrected chi connectivity index (χ0v) is 15.1. The third-order valence-corrected chi connectivity index (χ3v) is 4.58. The molecule has 0 fully saturated rings. The summed E-state index contributed by atoms with van der Waals surface area (Å²) in [6, 6.07) is 29.9. The van der Waals surface area contributed by atoms with Crippen LogP contribution in [0.15, 0.2) is 91.1 Å². The molecule has 0 spiro atoms. The van der Waals surface area contributed by atoms with Crippen molar-refractivity contribution in [3.8, 4) is 33.5 Å². The minimum Gasteiger partial charge on any atom is -0.256 e. The lowest BCUT2D eigenvalue weighted by Gasteiger charge is -2.08. The maximum atomic E-state index is 4.72. The van der Waals surface area contributed by atoms with Gasteiger partial charge in [-0.05, 0) is 42.7 Å². The summed E-state index contributed by atoms with van der Waals surface area (Å²) in [7, 11) is 0. The number of rotatable bonds is 3. The quantitative estimate of drug-likeness (QED) is 0.406. The fraction of sp³-hybridized carbons (Fsp3) is 0.0800. The van der Waals surface area contributed by atoms with E-state index >= 15 is 0 Å². The normalized spacial score (nSPS) is 10.7. The van der Waals surface area contributed by atoms with Crippen molar-refractivity contribution in [1.82, 2.24) is 4.98 Å². The molecule has 0 saturated heterocycles. The first-order valence-electron chi connectivity index (χ1n) is 8.90. The third kappa shape index (κ3) is 3.43. The summed E-state index contributed by atoms with van der Waals surface area (Å²) >= 11 is 0. The van der Waals surface area contributed by atoms with E-state index in [1.54, 1.807) is 0 Å². The highest BCUT2D eigenvalue weighted by Crippen LogP contribution is 2.27. The summed E-state index contributed by atoms with van der Waals surface area (Å²) in [4.78, 5) is 4.72. The highest BCUT2D eigenvalue weighted by atomic mass is 14.7. The lowest BCUT2D eigenvalue weighted by atomic mass is 10.00. The molecule has 0 radical (unpaired) electrons. The Morgan fingerprint density at radius 2 is 1.19 bits per heavy atom. The van der Waals surface area contributed by atoms with Crippen molar-refractivity contribution in [2.24, 2.45) is 0 Å². The molecule has 1 nitrogen and oxygen atoms in total. The molecule has 4 rings (SSSR count). The van der Waals surface area contributed by atoms with Gasteiger partial charge in [0.25, 0.3) is 0 Å². The smallest absolute Gasteiger partial charge is 0.0702 e. The van der Waals surface area contributed by atoms with Crippen LogP contribution >= 0.6 is 0 Å². The number of aryl methyl sites for hydroxylation is 2. The van der Waals surface area contributed by atoms with Crippen LogP contribution in [0.3, 0.4) is 0 Å². The molecule has 26 heavy (non-hydrogen) atoms. The Hall–Kier alpha value is -3.19. The Labute approximate surface area is 155 Å². The van der Waals surface area contributed by atoms with Crippen molar-refractivity contribution in [2.75, 3.05) is 0 Å². The molecule has 0 aliphatic rings. The molecule has 1 heteroatoms. The summed E-state index contributed by atoms with van der Waals surface area (Å²) < 4.78 is 0. The molecule has 0 bridgehead atoms. The zero-order chi connectivity index (χ0) is 17.9. The van der Waals surface area contributed by atoms with Crippen molar-refractivity contribution in [2.45, 2.75) is 13.8 Å². The van der Waals surface area contributed by atoms with Crippen molar-refractivity contribution < 1.29 is 0 Å². The van der Waals surface area contributed by atoms with E-state index in [1.165, 1.54) is 27.8 Å². The summed E-state index contributed by atoms with van der Waals surface area (Å²) in [6.45, 7) is 4.26. The maximum Gasteiger partial charge on any atom is 0.0702 e. The first kappa shape index (κ1) is 16.3. The largest absolute Gasteiger partial charge is 0.256 e. The molecule has 0 aliphatic carbocycles. The highest BCUT2D eigenvalue weighted by molar-refractivity contribution is 5.73. The van der Waals surface area contributed by atoms with Gasteiger partial charge in [0.15, 0.2) is 0 Å². The molecule has 0 unspecified atom stereocenters. The SMILES string of the molecule is Cc1cc(C)cc(-c2ccc(-c3cccc(-c4ccccc4)c3)nc2)c1. The van der Waals surface area contributed by atoms with Gasteiger partial charge in [-0.3, -0.25) is 4.98 Å². The van der Waals surface area contributed by atoms with Crippen LogP contribution < -0.4 is 0 Å². The lowest BCUT2D eigenvalue weighted by Crippen LogP contribution is -1.87. The Bertz CT molecular complexity index is 1010. The molecule has 0 N–H and O–H groups in total. The van der Waals surface area contributed by atoms with E-state index < -0.39 is 0 Å². The summed E-state index contributed by atoms with van der Waals surface area (Å²) in [6.07, 6.45) is 1.97.